The molecule has 5 nitrogen and oxygen atoms in total. The van der Waals surface area contributed by atoms with Crippen molar-refractivity contribution in [2.24, 2.45) is 10.4 Å². The first-order valence-corrected chi connectivity index (χ1v) is 7.53. The Morgan fingerprint density at radius 2 is 1.96 bits per heavy atom. The van der Waals surface area contributed by atoms with Gasteiger partial charge in [0.15, 0.2) is 5.35 Å². The van der Waals surface area contributed by atoms with Crippen LogP contribution in [-0.2, 0) is 0 Å². The zero-order chi connectivity index (χ0) is 16.4. The smallest absolute Gasteiger partial charge is 0.276 e. The van der Waals surface area contributed by atoms with Gasteiger partial charge >= 0.3 is 0 Å². The Hall–Kier alpha value is -2.69. The Labute approximate surface area is 134 Å². The molecule has 2 N–H and O–H groups in total. The molecular formula is C18H19N4O. The molecular weight excluding hydrogens is 288 g/mol. The topological polar surface area (TPSA) is 70.1 Å². The quantitative estimate of drug-likeness (QED) is 0.808. The summed E-state index contributed by atoms with van der Waals surface area (Å²) in [5, 5.41) is 4.05. The predicted octanol–water partition coefficient (Wildman–Crippen LogP) is 0.553. The fourth-order valence-electron chi connectivity index (χ4n) is 2.53. The molecule has 1 unspecified atom stereocenters. The summed E-state index contributed by atoms with van der Waals surface area (Å²) < 4.78 is 0. The Morgan fingerprint density at radius 1 is 1.22 bits per heavy atom. The standard InChI is InChI=1S/C18H19N4O/c1-18(2,3)16-14(20-11-21-16)15-17(23)22-13(10-19-15)9-12-7-5-4-6-8-12/h4-9,11,16H,1-3H3,(H,20,21)(H,22,23)/b13-9-,15-14+. The summed E-state index contributed by atoms with van der Waals surface area (Å²) in [7, 11) is 0. The first-order valence-electron chi connectivity index (χ1n) is 7.53. The summed E-state index contributed by atoms with van der Waals surface area (Å²) in [6.45, 7) is 6.28. The number of aromatic amines is 1. The third-order valence-corrected chi connectivity index (χ3v) is 3.69. The van der Waals surface area contributed by atoms with Crippen LogP contribution in [0.2, 0.25) is 0 Å². The van der Waals surface area contributed by atoms with Crippen LogP contribution in [0.15, 0.2) is 40.1 Å². The third kappa shape index (κ3) is 3.23. The minimum absolute atomic E-state index is 0.0477. The lowest BCUT2D eigenvalue weighted by Gasteiger charge is -2.27. The molecule has 0 saturated carbocycles. The lowest BCUT2D eigenvalue weighted by Crippen LogP contribution is -2.44. The van der Waals surface area contributed by atoms with E-state index in [1.54, 1.807) is 6.34 Å². The van der Waals surface area contributed by atoms with Crippen molar-refractivity contribution in [3.8, 4) is 0 Å². The number of rotatable bonds is 1. The van der Waals surface area contributed by atoms with Gasteiger partial charge in [-0.05, 0) is 17.1 Å². The minimum atomic E-state index is -0.254. The Balaban J connectivity index is 2.11. The van der Waals surface area contributed by atoms with Gasteiger partial charge < -0.3 is 10.3 Å². The molecule has 1 radical (unpaired) electrons. The highest BCUT2D eigenvalue weighted by atomic mass is 16.1. The van der Waals surface area contributed by atoms with E-state index in [2.05, 4.69) is 47.2 Å². The number of H-pyrrole nitrogens is 1. The van der Waals surface area contributed by atoms with Crippen LogP contribution in [-0.4, -0.2) is 22.3 Å². The molecule has 23 heavy (non-hydrogen) atoms. The van der Waals surface area contributed by atoms with Gasteiger partial charge in [-0.2, -0.15) is 0 Å². The predicted molar refractivity (Wildman–Crippen MR) is 91.2 cm³/mol. The fraction of sp³-hybridized carbons (Fsp3) is 0.278. The lowest BCUT2D eigenvalue weighted by molar-refractivity contribution is 0.356. The average Bonchev–Trinajstić information content (AvgIpc) is 2.98. The SMILES string of the molecule is CC(C)(C)C1NC=N/C1=c1/n[c]/c(=C/c2ccccc2)[nH]c1=O. The molecule has 117 valence electrons. The molecule has 0 spiro atoms. The van der Waals surface area contributed by atoms with E-state index in [1.807, 2.05) is 36.4 Å². The van der Waals surface area contributed by atoms with E-state index in [0.29, 0.717) is 16.4 Å². The molecule has 2 heterocycles. The van der Waals surface area contributed by atoms with Crippen molar-refractivity contribution in [3.05, 3.63) is 63.1 Å². The maximum Gasteiger partial charge on any atom is 0.276 e. The second-order valence-electron chi connectivity index (χ2n) is 6.60. The van der Waals surface area contributed by atoms with Crippen LogP contribution >= 0.6 is 0 Å². The highest BCUT2D eigenvalue weighted by Crippen LogP contribution is 2.27. The van der Waals surface area contributed by atoms with Gasteiger partial charge in [0, 0.05) is 0 Å². The number of benzene rings is 1. The zero-order valence-corrected chi connectivity index (χ0v) is 13.4. The number of nitrogens with one attached hydrogen (secondary N) is 2. The summed E-state index contributed by atoms with van der Waals surface area (Å²) in [5.41, 5.74) is 1.31. The van der Waals surface area contributed by atoms with E-state index in [0.717, 1.165) is 5.56 Å². The van der Waals surface area contributed by atoms with Crippen molar-refractivity contribution >= 4 is 18.1 Å². The Bertz CT molecular complexity index is 905. The van der Waals surface area contributed by atoms with Crippen LogP contribution in [0.3, 0.4) is 0 Å². The minimum Gasteiger partial charge on any atom is -0.367 e. The van der Waals surface area contributed by atoms with Gasteiger partial charge in [-0.15, -0.1) is 0 Å². The molecule has 1 aromatic heterocycles. The van der Waals surface area contributed by atoms with Crippen molar-refractivity contribution in [2.45, 2.75) is 26.8 Å². The van der Waals surface area contributed by atoms with Gasteiger partial charge in [0.05, 0.1) is 23.4 Å². The van der Waals surface area contributed by atoms with E-state index < -0.39 is 0 Å². The van der Waals surface area contributed by atoms with E-state index in [9.17, 15) is 4.79 Å². The summed E-state index contributed by atoms with van der Waals surface area (Å²) in [5.74, 6) is 0. The van der Waals surface area contributed by atoms with Gasteiger partial charge in [-0.1, -0.05) is 51.1 Å². The van der Waals surface area contributed by atoms with Crippen molar-refractivity contribution in [1.82, 2.24) is 15.3 Å². The molecule has 3 rings (SSSR count). The van der Waals surface area contributed by atoms with Crippen molar-refractivity contribution < 1.29 is 0 Å². The van der Waals surface area contributed by atoms with Crippen molar-refractivity contribution in [2.75, 3.05) is 0 Å². The van der Waals surface area contributed by atoms with Gasteiger partial charge in [-0.25, -0.2) is 9.98 Å². The van der Waals surface area contributed by atoms with E-state index in [-0.39, 0.29) is 17.0 Å². The van der Waals surface area contributed by atoms with Gasteiger partial charge in [-0.3, -0.25) is 4.79 Å². The highest BCUT2D eigenvalue weighted by Gasteiger charge is 2.31. The fourth-order valence-corrected chi connectivity index (χ4v) is 2.53. The summed E-state index contributed by atoms with van der Waals surface area (Å²) in [6, 6.07) is 9.68. The van der Waals surface area contributed by atoms with Crippen LogP contribution < -0.4 is 21.6 Å². The average molecular weight is 307 g/mol. The highest BCUT2D eigenvalue weighted by molar-refractivity contribution is 5.73. The molecule has 0 aliphatic carbocycles. The normalized spacial score (nSPS) is 20.7. The second kappa shape index (κ2) is 5.83. The molecule has 1 atom stereocenters. The monoisotopic (exact) mass is 307 g/mol. The Kier molecular flexibility index (Phi) is 3.86. The Morgan fingerprint density at radius 3 is 2.61 bits per heavy atom. The maximum absolute atomic E-state index is 12.4. The summed E-state index contributed by atoms with van der Waals surface area (Å²) in [6.07, 6.45) is 6.35. The number of nitrogens with zero attached hydrogens (tertiary/aromatic N) is 2. The number of hydrogen-bond donors (Lipinski definition) is 2. The van der Waals surface area contributed by atoms with Crippen LogP contribution in [0.5, 0.6) is 0 Å². The largest absolute Gasteiger partial charge is 0.367 e. The first-order chi connectivity index (χ1) is 10.9. The lowest BCUT2D eigenvalue weighted by atomic mass is 9.85. The van der Waals surface area contributed by atoms with Gasteiger partial charge in [0.1, 0.15) is 6.20 Å². The molecule has 5 heteroatoms. The zero-order valence-electron chi connectivity index (χ0n) is 13.4. The number of aliphatic imine (C=N–C) groups is 1. The van der Waals surface area contributed by atoms with Crippen LogP contribution in [0.1, 0.15) is 26.3 Å². The van der Waals surface area contributed by atoms with E-state index in [1.165, 1.54) is 0 Å². The first kappa shape index (κ1) is 15.2. The molecule has 1 aliphatic rings. The van der Waals surface area contributed by atoms with Gasteiger partial charge in [0.25, 0.3) is 5.56 Å². The molecule has 0 saturated heterocycles. The summed E-state index contributed by atoms with van der Waals surface area (Å²) >= 11 is 0. The van der Waals surface area contributed by atoms with Crippen LogP contribution in [0.25, 0.3) is 11.8 Å². The number of hydrogen-bond acceptors (Lipinski definition) is 4. The molecule has 1 aromatic carbocycles. The molecule has 0 bridgehead atoms. The molecule has 2 aromatic rings. The van der Waals surface area contributed by atoms with Gasteiger partial charge in [0.2, 0.25) is 0 Å². The van der Waals surface area contributed by atoms with E-state index >= 15 is 0 Å². The van der Waals surface area contributed by atoms with Crippen LogP contribution in [0.4, 0.5) is 0 Å². The number of aromatic nitrogens is 2. The molecule has 0 fully saturated rings. The van der Waals surface area contributed by atoms with Crippen molar-refractivity contribution in [3.63, 3.8) is 0 Å². The van der Waals surface area contributed by atoms with Crippen molar-refractivity contribution in [1.29, 1.82) is 0 Å². The molecule has 1 aliphatic heterocycles. The van der Waals surface area contributed by atoms with Crippen LogP contribution in [0, 0.1) is 11.6 Å². The third-order valence-electron chi connectivity index (χ3n) is 3.69. The second-order valence-corrected chi connectivity index (χ2v) is 6.60. The van der Waals surface area contributed by atoms with E-state index in [4.69, 9.17) is 0 Å². The summed E-state index contributed by atoms with van der Waals surface area (Å²) in [4.78, 5) is 23.8. The maximum atomic E-state index is 12.4. The molecule has 0 amide bonds.